The lowest BCUT2D eigenvalue weighted by molar-refractivity contribution is 0.216. The second-order valence-corrected chi connectivity index (χ2v) is 3.91. The van der Waals surface area contributed by atoms with Gasteiger partial charge in [-0.15, -0.1) is 0 Å². The molecular weight excluding hydrogens is 230 g/mol. The fourth-order valence-electron chi connectivity index (χ4n) is 1.90. The summed E-state index contributed by atoms with van der Waals surface area (Å²) in [6.07, 6.45) is 0.515. The maximum atomic E-state index is 10.3. The number of anilines is 1. The van der Waals surface area contributed by atoms with E-state index in [4.69, 9.17) is 5.73 Å². The molecule has 4 N–H and O–H groups in total. The number of benzene rings is 1. The highest BCUT2D eigenvalue weighted by Gasteiger charge is 2.18. The molecule has 0 aliphatic rings. The van der Waals surface area contributed by atoms with Gasteiger partial charge in [0.2, 0.25) is 0 Å². The molecule has 0 aliphatic heterocycles. The van der Waals surface area contributed by atoms with Crippen LogP contribution in [0.15, 0.2) is 36.7 Å². The number of H-pyrrole nitrogens is 1. The maximum absolute atomic E-state index is 10.3. The molecule has 6 heteroatoms. The molecule has 0 saturated heterocycles. The molecule has 0 radical (unpaired) electrons. The first-order valence-corrected chi connectivity index (χ1v) is 5.45. The minimum absolute atomic E-state index is 0.304. The van der Waals surface area contributed by atoms with E-state index in [2.05, 4.69) is 20.2 Å². The lowest BCUT2D eigenvalue weighted by Gasteiger charge is -2.09. The van der Waals surface area contributed by atoms with Crippen molar-refractivity contribution in [3.8, 4) is 0 Å². The number of nitrogen functional groups attached to an aromatic ring is 1. The Morgan fingerprint density at radius 2 is 1.94 bits per heavy atom. The van der Waals surface area contributed by atoms with E-state index >= 15 is 0 Å². The Labute approximate surface area is 103 Å². The van der Waals surface area contributed by atoms with Gasteiger partial charge in [-0.25, -0.2) is 9.97 Å². The van der Waals surface area contributed by atoms with Crippen molar-refractivity contribution in [1.29, 1.82) is 0 Å². The number of aliphatic hydroxyl groups is 1. The molecular formula is C12H11N5O. The molecule has 1 aromatic carbocycles. The SMILES string of the molecule is Nc1ncnc2n[nH]c(C(O)c3ccccc3)c12. The summed E-state index contributed by atoms with van der Waals surface area (Å²) in [6.45, 7) is 0. The van der Waals surface area contributed by atoms with Gasteiger partial charge in [0.25, 0.3) is 0 Å². The summed E-state index contributed by atoms with van der Waals surface area (Å²) in [5.41, 5.74) is 7.51. The second-order valence-electron chi connectivity index (χ2n) is 3.91. The van der Waals surface area contributed by atoms with Crippen molar-refractivity contribution in [2.45, 2.75) is 6.10 Å². The predicted molar refractivity (Wildman–Crippen MR) is 66.6 cm³/mol. The number of fused-ring (bicyclic) bond motifs is 1. The Morgan fingerprint density at radius 1 is 1.17 bits per heavy atom. The number of rotatable bonds is 2. The molecule has 0 saturated carbocycles. The van der Waals surface area contributed by atoms with Gasteiger partial charge in [0.1, 0.15) is 18.2 Å². The predicted octanol–water partition coefficient (Wildman–Crippen LogP) is 1.02. The number of nitrogens with two attached hydrogens (primary N) is 1. The van der Waals surface area contributed by atoms with Crippen molar-refractivity contribution in [3.63, 3.8) is 0 Å². The quantitative estimate of drug-likeness (QED) is 0.621. The van der Waals surface area contributed by atoms with Crippen LogP contribution in [-0.4, -0.2) is 25.3 Å². The molecule has 2 aromatic heterocycles. The lowest BCUT2D eigenvalue weighted by atomic mass is 10.1. The van der Waals surface area contributed by atoms with E-state index in [0.717, 1.165) is 5.56 Å². The zero-order valence-corrected chi connectivity index (χ0v) is 9.41. The highest BCUT2D eigenvalue weighted by molar-refractivity contribution is 5.88. The molecule has 90 valence electrons. The first kappa shape index (κ1) is 10.7. The van der Waals surface area contributed by atoms with Gasteiger partial charge in [-0.2, -0.15) is 5.10 Å². The van der Waals surface area contributed by atoms with Crippen molar-refractivity contribution in [2.75, 3.05) is 5.73 Å². The third kappa shape index (κ3) is 1.59. The van der Waals surface area contributed by atoms with Crippen molar-refractivity contribution < 1.29 is 5.11 Å². The average Bonchev–Trinajstić information content (AvgIpc) is 2.84. The van der Waals surface area contributed by atoms with Crippen LogP contribution in [0.1, 0.15) is 17.4 Å². The summed E-state index contributed by atoms with van der Waals surface area (Å²) in [7, 11) is 0. The van der Waals surface area contributed by atoms with Gasteiger partial charge in [0.05, 0.1) is 11.1 Å². The first-order chi connectivity index (χ1) is 8.77. The molecule has 3 rings (SSSR count). The maximum Gasteiger partial charge on any atom is 0.186 e. The van der Waals surface area contributed by atoms with E-state index in [0.29, 0.717) is 22.5 Å². The molecule has 6 nitrogen and oxygen atoms in total. The smallest absolute Gasteiger partial charge is 0.186 e. The van der Waals surface area contributed by atoms with Crippen LogP contribution in [0.25, 0.3) is 11.0 Å². The highest BCUT2D eigenvalue weighted by Crippen LogP contribution is 2.28. The number of nitrogens with one attached hydrogen (secondary N) is 1. The third-order valence-electron chi connectivity index (χ3n) is 2.80. The molecule has 1 unspecified atom stereocenters. The molecule has 1 atom stereocenters. The van der Waals surface area contributed by atoms with Crippen molar-refractivity contribution in [1.82, 2.24) is 20.2 Å². The van der Waals surface area contributed by atoms with Crippen LogP contribution in [-0.2, 0) is 0 Å². The first-order valence-electron chi connectivity index (χ1n) is 5.45. The van der Waals surface area contributed by atoms with E-state index in [-0.39, 0.29) is 0 Å². The third-order valence-corrected chi connectivity index (χ3v) is 2.80. The number of aromatic nitrogens is 4. The van der Waals surface area contributed by atoms with Crippen LogP contribution in [0.3, 0.4) is 0 Å². The Hall–Kier alpha value is -2.47. The van der Waals surface area contributed by atoms with Gasteiger partial charge in [0.15, 0.2) is 5.65 Å². The standard InChI is InChI=1S/C12H11N5O/c13-11-8-9(16-17-12(8)15-6-14-11)10(18)7-4-2-1-3-5-7/h1-6,10,18H,(H3,13,14,15,16,17). The topological polar surface area (TPSA) is 101 Å². The zero-order valence-electron chi connectivity index (χ0n) is 9.41. The molecule has 0 aliphatic carbocycles. The molecule has 18 heavy (non-hydrogen) atoms. The van der Waals surface area contributed by atoms with Crippen LogP contribution in [0.5, 0.6) is 0 Å². The number of hydrogen-bond donors (Lipinski definition) is 3. The van der Waals surface area contributed by atoms with E-state index in [1.54, 1.807) is 0 Å². The normalized spacial score (nSPS) is 12.7. The van der Waals surface area contributed by atoms with E-state index < -0.39 is 6.10 Å². The van der Waals surface area contributed by atoms with Crippen molar-refractivity contribution in [2.24, 2.45) is 0 Å². The molecule has 3 aromatic rings. The number of hydrogen-bond acceptors (Lipinski definition) is 5. The summed E-state index contributed by atoms with van der Waals surface area (Å²) in [6, 6.07) is 9.27. The molecule has 0 amide bonds. The van der Waals surface area contributed by atoms with E-state index in [1.807, 2.05) is 30.3 Å². The van der Waals surface area contributed by atoms with Crippen LogP contribution >= 0.6 is 0 Å². The molecule has 0 fully saturated rings. The fraction of sp³-hybridized carbons (Fsp3) is 0.0833. The largest absolute Gasteiger partial charge is 0.383 e. The van der Waals surface area contributed by atoms with Gasteiger partial charge in [0, 0.05) is 0 Å². The molecule has 0 spiro atoms. The second kappa shape index (κ2) is 4.08. The van der Waals surface area contributed by atoms with Crippen molar-refractivity contribution in [3.05, 3.63) is 47.9 Å². The van der Waals surface area contributed by atoms with Crippen LogP contribution in [0.4, 0.5) is 5.82 Å². The van der Waals surface area contributed by atoms with Crippen LogP contribution < -0.4 is 5.73 Å². The summed E-state index contributed by atoms with van der Waals surface area (Å²) in [5.74, 6) is 0.304. The monoisotopic (exact) mass is 241 g/mol. The summed E-state index contributed by atoms with van der Waals surface area (Å²) in [5, 5.41) is 17.7. The zero-order chi connectivity index (χ0) is 12.5. The van der Waals surface area contributed by atoms with E-state index in [9.17, 15) is 5.11 Å². The number of aliphatic hydroxyl groups excluding tert-OH is 1. The van der Waals surface area contributed by atoms with Crippen molar-refractivity contribution >= 4 is 16.9 Å². The minimum Gasteiger partial charge on any atom is -0.383 e. The molecule has 2 heterocycles. The highest BCUT2D eigenvalue weighted by atomic mass is 16.3. The number of aromatic amines is 1. The number of nitrogens with zero attached hydrogens (tertiary/aromatic N) is 3. The van der Waals surface area contributed by atoms with Crippen LogP contribution in [0, 0.1) is 0 Å². The average molecular weight is 241 g/mol. The minimum atomic E-state index is -0.829. The Balaban J connectivity index is 2.15. The van der Waals surface area contributed by atoms with Gasteiger partial charge in [-0.3, -0.25) is 5.10 Å². The Morgan fingerprint density at radius 3 is 2.72 bits per heavy atom. The van der Waals surface area contributed by atoms with Gasteiger partial charge in [-0.05, 0) is 5.56 Å². The van der Waals surface area contributed by atoms with E-state index in [1.165, 1.54) is 6.33 Å². The Kier molecular flexibility index (Phi) is 2.42. The summed E-state index contributed by atoms with van der Waals surface area (Å²) >= 11 is 0. The van der Waals surface area contributed by atoms with Gasteiger partial charge >= 0.3 is 0 Å². The Bertz CT molecular complexity index is 679. The van der Waals surface area contributed by atoms with Gasteiger partial charge < -0.3 is 10.8 Å². The summed E-state index contributed by atoms with van der Waals surface area (Å²) < 4.78 is 0. The van der Waals surface area contributed by atoms with Gasteiger partial charge in [-0.1, -0.05) is 30.3 Å². The van der Waals surface area contributed by atoms with Crippen LogP contribution in [0.2, 0.25) is 0 Å². The molecule has 0 bridgehead atoms. The lowest BCUT2D eigenvalue weighted by Crippen LogP contribution is -2.02. The summed E-state index contributed by atoms with van der Waals surface area (Å²) in [4.78, 5) is 7.91. The fourth-order valence-corrected chi connectivity index (χ4v) is 1.90.